The van der Waals surface area contributed by atoms with Crippen molar-refractivity contribution in [2.75, 3.05) is 38.3 Å². The first-order valence-corrected chi connectivity index (χ1v) is 10.9. The molecule has 1 aliphatic rings. The summed E-state index contributed by atoms with van der Waals surface area (Å²) in [6.07, 6.45) is 0. The number of ether oxygens (including phenoxy) is 1. The molecule has 1 fully saturated rings. The second-order valence-corrected chi connectivity index (χ2v) is 7.95. The number of carbonyl (C=O) groups excluding carboxylic acids is 1. The van der Waals surface area contributed by atoms with Gasteiger partial charge in [0, 0.05) is 38.9 Å². The van der Waals surface area contributed by atoms with E-state index >= 15 is 0 Å². The van der Waals surface area contributed by atoms with E-state index < -0.39 is 5.69 Å². The number of hydrogen-bond donors (Lipinski definition) is 0. The van der Waals surface area contributed by atoms with E-state index in [2.05, 4.69) is 17.0 Å². The quantitative estimate of drug-likeness (QED) is 0.588. The van der Waals surface area contributed by atoms with Crippen LogP contribution in [0.4, 0.5) is 5.69 Å². The minimum atomic E-state index is -0.465. The summed E-state index contributed by atoms with van der Waals surface area (Å²) in [4.78, 5) is 42.3. The SMILES string of the molecule is CCn1c(=O)c2ccccc2n(CC(=O)N(C)Cc2ccc(N3CCOCC3)cc2)c1=O. The predicted molar refractivity (Wildman–Crippen MR) is 124 cm³/mol. The Labute approximate surface area is 186 Å². The molecule has 32 heavy (non-hydrogen) atoms. The lowest BCUT2D eigenvalue weighted by molar-refractivity contribution is -0.131. The molecule has 0 N–H and O–H groups in total. The van der Waals surface area contributed by atoms with Gasteiger partial charge in [0.15, 0.2) is 0 Å². The minimum absolute atomic E-state index is 0.123. The highest BCUT2D eigenvalue weighted by Crippen LogP contribution is 2.17. The fourth-order valence-electron chi connectivity index (χ4n) is 4.05. The molecule has 0 spiro atoms. The Bertz CT molecular complexity index is 1220. The van der Waals surface area contributed by atoms with Crippen LogP contribution in [0.1, 0.15) is 12.5 Å². The largest absolute Gasteiger partial charge is 0.378 e. The molecule has 1 saturated heterocycles. The monoisotopic (exact) mass is 436 g/mol. The third kappa shape index (κ3) is 4.31. The van der Waals surface area contributed by atoms with Gasteiger partial charge in [0.2, 0.25) is 5.91 Å². The highest BCUT2D eigenvalue weighted by Gasteiger charge is 2.17. The summed E-state index contributed by atoms with van der Waals surface area (Å²) in [6.45, 7) is 5.53. The van der Waals surface area contributed by atoms with Crippen LogP contribution in [0.5, 0.6) is 0 Å². The summed E-state index contributed by atoms with van der Waals surface area (Å²) in [5, 5.41) is 0.433. The fraction of sp³-hybridized carbons (Fsp3) is 0.375. The number of carbonyl (C=O) groups is 1. The van der Waals surface area contributed by atoms with Gasteiger partial charge in [0.05, 0.1) is 24.1 Å². The number of amides is 1. The van der Waals surface area contributed by atoms with Gasteiger partial charge in [-0.05, 0) is 36.8 Å². The number of hydrogen-bond acceptors (Lipinski definition) is 5. The van der Waals surface area contributed by atoms with Crippen molar-refractivity contribution in [2.45, 2.75) is 26.6 Å². The molecule has 8 heteroatoms. The summed E-state index contributed by atoms with van der Waals surface area (Å²) >= 11 is 0. The average molecular weight is 437 g/mol. The van der Waals surface area contributed by atoms with Gasteiger partial charge < -0.3 is 14.5 Å². The highest BCUT2D eigenvalue weighted by atomic mass is 16.5. The number of para-hydroxylation sites is 1. The molecule has 4 rings (SSSR count). The van der Waals surface area contributed by atoms with E-state index in [1.807, 2.05) is 12.1 Å². The molecule has 0 radical (unpaired) electrons. The molecule has 1 aromatic heterocycles. The first-order chi connectivity index (χ1) is 15.5. The van der Waals surface area contributed by atoms with Gasteiger partial charge in [-0.3, -0.25) is 18.7 Å². The summed E-state index contributed by atoms with van der Waals surface area (Å²) in [6, 6.07) is 15.1. The number of aromatic nitrogens is 2. The maximum Gasteiger partial charge on any atom is 0.331 e. The van der Waals surface area contributed by atoms with E-state index in [4.69, 9.17) is 4.74 Å². The number of anilines is 1. The summed E-state index contributed by atoms with van der Waals surface area (Å²) in [5.74, 6) is -0.198. The molecule has 0 atom stereocenters. The Hall–Kier alpha value is -3.39. The average Bonchev–Trinajstić information content (AvgIpc) is 2.83. The lowest BCUT2D eigenvalue weighted by Gasteiger charge is -2.29. The van der Waals surface area contributed by atoms with Crippen LogP contribution >= 0.6 is 0 Å². The van der Waals surface area contributed by atoms with E-state index in [-0.39, 0.29) is 24.6 Å². The number of nitrogens with zero attached hydrogens (tertiary/aromatic N) is 4. The lowest BCUT2D eigenvalue weighted by Crippen LogP contribution is -2.42. The molecular formula is C24H28N4O4. The van der Waals surface area contributed by atoms with Crippen LogP contribution in [0.2, 0.25) is 0 Å². The van der Waals surface area contributed by atoms with Gasteiger partial charge in [-0.2, -0.15) is 0 Å². The van der Waals surface area contributed by atoms with Crippen molar-refractivity contribution in [3.63, 3.8) is 0 Å². The maximum atomic E-state index is 13.0. The van der Waals surface area contributed by atoms with Crippen molar-refractivity contribution in [1.29, 1.82) is 0 Å². The molecule has 0 bridgehead atoms. The van der Waals surface area contributed by atoms with Gasteiger partial charge in [-0.15, -0.1) is 0 Å². The van der Waals surface area contributed by atoms with E-state index in [1.54, 1.807) is 43.1 Å². The second kappa shape index (κ2) is 9.40. The van der Waals surface area contributed by atoms with Crippen molar-refractivity contribution in [2.24, 2.45) is 0 Å². The minimum Gasteiger partial charge on any atom is -0.378 e. The van der Waals surface area contributed by atoms with Crippen LogP contribution in [0.3, 0.4) is 0 Å². The van der Waals surface area contributed by atoms with E-state index in [0.29, 0.717) is 17.4 Å². The molecule has 0 unspecified atom stereocenters. The molecule has 8 nitrogen and oxygen atoms in total. The molecule has 2 heterocycles. The van der Waals surface area contributed by atoms with Crippen molar-refractivity contribution < 1.29 is 9.53 Å². The topological polar surface area (TPSA) is 76.8 Å². The second-order valence-electron chi connectivity index (χ2n) is 7.95. The van der Waals surface area contributed by atoms with Crippen LogP contribution in [-0.4, -0.2) is 53.3 Å². The zero-order valence-electron chi connectivity index (χ0n) is 18.5. The normalized spacial score (nSPS) is 14.0. The molecule has 168 valence electrons. The Morgan fingerprint density at radius 2 is 1.69 bits per heavy atom. The molecule has 3 aromatic rings. The molecular weight excluding hydrogens is 408 g/mol. The molecule has 2 aromatic carbocycles. The van der Waals surface area contributed by atoms with Crippen molar-refractivity contribution in [3.8, 4) is 0 Å². The van der Waals surface area contributed by atoms with Crippen molar-refractivity contribution in [1.82, 2.24) is 14.0 Å². The number of fused-ring (bicyclic) bond motifs is 1. The first-order valence-electron chi connectivity index (χ1n) is 10.9. The molecule has 1 aliphatic heterocycles. The summed E-state index contributed by atoms with van der Waals surface area (Å²) in [5.41, 5.74) is 1.83. The Balaban J connectivity index is 1.51. The van der Waals surface area contributed by atoms with Gasteiger partial charge in [0.25, 0.3) is 5.56 Å². The smallest absolute Gasteiger partial charge is 0.331 e. The number of likely N-dealkylation sites (N-methyl/N-ethyl adjacent to an activating group) is 1. The third-order valence-corrected chi connectivity index (χ3v) is 5.90. The predicted octanol–water partition coefficient (Wildman–Crippen LogP) is 1.68. The van der Waals surface area contributed by atoms with Gasteiger partial charge in [-0.1, -0.05) is 24.3 Å². The van der Waals surface area contributed by atoms with E-state index in [0.717, 1.165) is 37.6 Å². The van der Waals surface area contributed by atoms with Crippen LogP contribution < -0.4 is 16.1 Å². The van der Waals surface area contributed by atoms with Crippen LogP contribution in [0.15, 0.2) is 58.1 Å². The van der Waals surface area contributed by atoms with Crippen LogP contribution in [0, 0.1) is 0 Å². The standard InChI is InChI=1S/C24H28N4O4/c1-3-27-23(30)20-6-4-5-7-21(20)28(24(27)31)17-22(29)25(2)16-18-8-10-19(11-9-18)26-12-14-32-15-13-26/h4-11H,3,12-17H2,1-2H3. The summed E-state index contributed by atoms with van der Waals surface area (Å²) in [7, 11) is 1.72. The van der Waals surface area contributed by atoms with Gasteiger partial charge >= 0.3 is 5.69 Å². The number of benzene rings is 2. The zero-order chi connectivity index (χ0) is 22.7. The Morgan fingerprint density at radius 1 is 1.00 bits per heavy atom. The molecule has 0 saturated carbocycles. The first kappa shape index (κ1) is 21.8. The third-order valence-electron chi connectivity index (χ3n) is 5.90. The molecule has 0 aliphatic carbocycles. The van der Waals surface area contributed by atoms with Gasteiger partial charge in [0.1, 0.15) is 6.54 Å². The van der Waals surface area contributed by atoms with Gasteiger partial charge in [-0.25, -0.2) is 4.79 Å². The van der Waals surface area contributed by atoms with Crippen molar-refractivity contribution >= 4 is 22.5 Å². The maximum absolute atomic E-state index is 13.0. The highest BCUT2D eigenvalue weighted by molar-refractivity contribution is 5.81. The van der Waals surface area contributed by atoms with Crippen LogP contribution in [-0.2, 0) is 29.2 Å². The Kier molecular flexibility index (Phi) is 6.41. The molecule has 1 amide bonds. The van der Waals surface area contributed by atoms with E-state index in [1.165, 1.54) is 9.13 Å². The number of rotatable bonds is 6. The summed E-state index contributed by atoms with van der Waals surface area (Å²) < 4.78 is 7.96. The van der Waals surface area contributed by atoms with Crippen molar-refractivity contribution in [3.05, 3.63) is 74.9 Å². The Morgan fingerprint density at radius 3 is 2.38 bits per heavy atom. The number of morpholine rings is 1. The fourth-order valence-corrected chi connectivity index (χ4v) is 4.05. The lowest BCUT2D eigenvalue weighted by atomic mass is 10.1. The zero-order valence-corrected chi connectivity index (χ0v) is 18.5. The van der Waals surface area contributed by atoms with Crippen LogP contribution in [0.25, 0.3) is 10.9 Å². The van der Waals surface area contributed by atoms with E-state index in [9.17, 15) is 14.4 Å².